The number of hydrogen-bond acceptors (Lipinski definition) is 4. The number of nitrogens with zero attached hydrogens (tertiary/aromatic N) is 1. The predicted molar refractivity (Wildman–Crippen MR) is 83.8 cm³/mol. The van der Waals surface area contributed by atoms with Gasteiger partial charge in [-0.15, -0.1) is 0 Å². The van der Waals surface area contributed by atoms with Gasteiger partial charge in [-0.2, -0.15) is 11.3 Å². The zero-order chi connectivity index (χ0) is 15.5. The van der Waals surface area contributed by atoms with Gasteiger partial charge in [-0.1, -0.05) is 0 Å². The van der Waals surface area contributed by atoms with Crippen LogP contribution in [0.1, 0.15) is 25.1 Å². The Morgan fingerprint density at radius 2 is 2.24 bits per heavy atom. The summed E-state index contributed by atoms with van der Waals surface area (Å²) in [6.07, 6.45) is 2.22. The molecule has 2 N–H and O–H groups in total. The van der Waals surface area contributed by atoms with E-state index >= 15 is 0 Å². The van der Waals surface area contributed by atoms with Gasteiger partial charge >= 0.3 is 0 Å². The first kappa shape index (κ1) is 16.2. The topological polar surface area (TPSA) is 71.3 Å². The van der Waals surface area contributed by atoms with Crippen LogP contribution in [0.2, 0.25) is 0 Å². The summed E-state index contributed by atoms with van der Waals surface area (Å²) in [5, 5.41) is 13.2. The summed E-state index contributed by atoms with van der Waals surface area (Å²) in [5.41, 5.74) is 1.72. The molecule has 2 rings (SSSR count). The van der Waals surface area contributed by atoms with Crippen LogP contribution in [0, 0.1) is 0 Å². The van der Waals surface area contributed by atoms with E-state index in [2.05, 4.69) is 4.72 Å². The van der Waals surface area contributed by atoms with Crippen molar-refractivity contribution >= 4 is 21.4 Å². The maximum Gasteiger partial charge on any atom is 0.242 e. The van der Waals surface area contributed by atoms with E-state index in [1.54, 1.807) is 22.1 Å². The van der Waals surface area contributed by atoms with Crippen molar-refractivity contribution in [1.82, 2.24) is 9.29 Å². The van der Waals surface area contributed by atoms with Crippen molar-refractivity contribution in [2.45, 2.75) is 44.4 Å². The maximum atomic E-state index is 12.4. The summed E-state index contributed by atoms with van der Waals surface area (Å²) < 4.78 is 29.1. The van der Waals surface area contributed by atoms with Crippen LogP contribution in [0.25, 0.3) is 0 Å². The molecule has 2 aromatic heterocycles. The summed E-state index contributed by atoms with van der Waals surface area (Å²) in [5.74, 6) is 0. The highest BCUT2D eigenvalue weighted by molar-refractivity contribution is 7.89. The number of aromatic nitrogens is 1. The molecular weight excluding hydrogens is 308 g/mol. The first-order valence-corrected chi connectivity index (χ1v) is 9.22. The Hall–Kier alpha value is -1.15. The molecule has 7 heteroatoms. The summed E-state index contributed by atoms with van der Waals surface area (Å²) in [4.78, 5) is 0.200. The fourth-order valence-corrected chi connectivity index (χ4v) is 4.22. The van der Waals surface area contributed by atoms with Crippen LogP contribution in [0.3, 0.4) is 0 Å². The second-order valence-corrected chi connectivity index (χ2v) is 7.46. The number of rotatable bonds is 7. The number of aliphatic hydroxyl groups excluding tert-OH is 1. The smallest absolute Gasteiger partial charge is 0.242 e. The molecule has 1 unspecified atom stereocenters. The Balaban J connectivity index is 2.12. The minimum absolute atomic E-state index is 0.173. The van der Waals surface area contributed by atoms with Crippen LogP contribution in [-0.2, 0) is 29.6 Å². The van der Waals surface area contributed by atoms with Crippen molar-refractivity contribution in [1.29, 1.82) is 0 Å². The third kappa shape index (κ3) is 3.94. The Morgan fingerprint density at radius 1 is 1.48 bits per heavy atom. The summed E-state index contributed by atoms with van der Waals surface area (Å²) >= 11 is 1.60. The molecule has 2 aromatic rings. The molecule has 0 fully saturated rings. The second-order valence-electron chi connectivity index (χ2n) is 4.97. The molecule has 0 saturated carbocycles. The SMILES string of the molecule is CCn1cc(S(=O)(=O)NC(C)Cc2ccsc2)cc1CO. The van der Waals surface area contributed by atoms with Gasteiger partial charge in [0.2, 0.25) is 10.0 Å². The standard InChI is InChI=1S/C14H20N2O3S2/c1-3-16-8-14(7-13(16)9-17)21(18,19)15-11(2)6-12-4-5-20-10-12/h4-5,7-8,10-11,15,17H,3,6,9H2,1-2H3. The lowest BCUT2D eigenvalue weighted by molar-refractivity contribution is 0.271. The van der Waals surface area contributed by atoms with Crippen LogP contribution in [0.15, 0.2) is 34.0 Å². The molecule has 5 nitrogen and oxygen atoms in total. The molecule has 0 saturated heterocycles. The first-order valence-electron chi connectivity index (χ1n) is 6.79. The second kappa shape index (κ2) is 6.74. The average molecular weight is 328 g/mol. The number of thiophene rings is 1. The maximum absolute atomic E-state index is 12.4. The first-order chi connectivity index (χ1) is 9.96. The molecular formula is C14H20N2O3S2. The summed E-state index contributed by atoms with van der Waals surface area (Å²) in [6, 6.07) is 3.32. The number of hydrogen-bond donors (Lipinski definition) is 2. The van der Waals surface area contributed by atoms with Crippen LogP contribution in [0.5, 0.6) is 0 Å². The molecule has 0 aliphatic carbocycles. The number of nitrogens with one attached hydrogen (secondary N) is 1. The van der Waals surface area contributed by atoms with Crippen molar-refractivity contribution in [3.8, 4) is 0 Å². The molecule has 2 heterocycles. The number of aryl methyl sites for hydroxylation is 1. The highest BCUT2D eigenvalue weighted by Crippen LogP contribution is 2.16. The van der Waals surface area contributed by atoms with E-state index in [0.29, 0.717) is 18.7 Å². The summed E-state index contributed by atoms with van der Waals surface area (Å²) in [7, 11) is -3.56. The number of aliphatic hydroxyl groups is 1. The molecule has 0 radical (unpaired) electrons. The largest absolute Gasteiger partial charge is 0.390 e. The lowest BCUT2D eigenvalue weighted by Gasteiger charge is -2.12. The van der Waals surface area contributed by atoms with E-state index in [1.807, 2.05) is 30.7 Å². The molecule has 0 amide bonds. The van der Waals surface area contributed by atoms with Crippen LogP contribution >= 0.6 is 11.3 Å². The van der Waals surface area contributed by atoms with E-state index in [1.165, 1.54) is 6.07 Å². The molecule has 0 spiro atoms. The number of sulfonamides is 1. The molecule has 21 heavy (non-hydrogen) atoms. The van der Waals surface area contributed by atoms with Gasteiger partial charge in [-0.3, -0.25) is 0 Å². The highest BCUT2D eigenvalue weighted by atomic mass is 32.2. The third-order valence-corrected chi connectivity index (χ3v) is 5.54. The van der Waals surface area contributed by atoms with Gasteiger partial charge in [0.15, 0.2) is 0 Å². The van der Waals surface area contributed by atoms with Crippen molar-refractivity contribution in [3.63, 3.8) is 0 Å². The quantitative estimate of drug-likeness (QED) is 0.816. The van der Waals surface area contributed by atoms with Gasteiger partial charge in [0.25, 0.3) is 0 Å². The highest BCUT2D eigenvalue weighted by Gasteiger charge is 2.20. The fourth-order valence-electron chi connectivity index (χ4n) is 2.24. The zero-order valence-electron chi connectivity index (χ0n) is 12.1. The van der Waals surface area contributed by atoms with E-state index in [4.69, 9.17) is 0 Å². The van der Waals surface area contributed by atoms with Gasteiger partial charge in [0.1, 0.15) is 0 Å². The van der Waals surface area contributed by atoms with Crippen LogP contribution < -0.4 is 4.72 Å². The Labute approximate surface area is 129 Å². The zero-order valence-corrected chi connectivity index (χ0v) is 13.7. The Morgan fingerprint density at radius 3 is 2.76 bits per heavy atom. The van der Waals surface area contributed by atoms with E-state index < -0.39 is 10.0 Å². The molecule has 0 aromatic carbocycles. The van der Waals surface area contributed by atoms with Crippen LogP contribution in [0.4, 0.5) is 0 Å². The van der Waals surface area contributed by atoms with E-state index in [0.717, 1.165) is 5.56 Å². The van der Waals surface area contributed by atoms with Gasteiger partial charge in [-0.05, 0) is 48.7 Å². The van der Waals surface area contributed by atoms with Crippen molar-refractivity contribution in [2.75, 3.05) is 0 Å². The lowest BCUT2D eigenvalue weighted by atomic mass is 10.1. The third-order valence-electron chi connectivity index (χ3n) is 3.25. The van der Waals surface area contributed by atoms with Gasteiger partial charge in [0, 0.05) is 24.5 Å². The van der Waals surface area contributed by atoms with Gasteiger partial charge < -0.3 is 9.67 Å². The average Bonchev–Trinajstić information content (AvgIpc) is 3.06. The minimum Gasteiger partial charge on any atom is -0.390 e. The van der Waals surface area contributed by atoms with Crippen molar-refractivity contribution in [3.05, 3.63) is 40.3 Å². The Bertz CT molecular complexity index is 654. The van der Waals surface area contributed by atoms with Crippen LogP contribution in [-0.4, -0.2) is 24.1 Å². The monoisotopic (exact) mass is 328 g/mol. The Kier molecular flexibility index (Phi) is 5.21. The normalized spacial score (nSPS) is 13.5. The lowest BCUT2D eigenvalue weighted by Crippen LogP contribution is -2.33. The van der Waals surface area contributed by atoms with Crippen molar-refractivity contribution in [2.24, 2.45) is 0 Å². The molecule has 1 atom stereocenters. The fraction of sp³-hybridized carbons (Fsp3) is 0.429. The minimum atomic E-state index is -3.56. The summed E-state index contributed by atoms with van der Waals surface area (Å²) in [6.45, 7) is 4.20. The predicted octanol–water partition coefficient (Wildman–Crippen LogP) is 1.97. The molecule has 0 bridgehead atoms. The molecule has 0 aliphatic heterocycles. The van der Waals surface area contributed by atoms with Gasteiger partial charge in [-0.25, -0.2) is 13.1 Å². The molecule has 116 valence electrons. The van der Waals surface area contributed by atoms with Crippen molar-refractivity contribution < 1.29 is 13.5 Å². The van der Waals surface area contributed by atoms with E-state index in [9.17, 15) is 13.5 Å². The van der Waals surface area contributed by atoms with Gasteiger partial charge in [0.05, 0.1) is 11.5 Å². The van der Waals surface area contributed by atoms with E-state index in [-0.39, 0.29) is 17.5 Å². The molecule has 0 aliphatic rings.